The van der Waals surface area contributed by atoms with Crippen molar-refractivity contribution in [2.24, 2.45) is 0 Å². The molecule has 2 heterocycles. The van der Waals surface area contributed by atoms with Crippen LogP contribution in [-0.4, -0.2) is 11.1 Å². The molecule has 1 N–H and O–H groups in total. The molecular weight excluding hydrogens is 291 g/mol. The van der Waals surface area contributed by atoms with Crippen LogP contribution in [0.4, 0.5) is 10.3 Å². The van der Waals surface area contributed by atoms with E-state index in [-0.39, 0.29) is 24.0 Å². The summed E-state index contributed by atoms with van der Waals surface area (Å²) in [4.78, 5) is 12.8. The summed E-state index contributed by atoms with van der Waals surface area (Å²) in [6, 6.07) is 11.4. The molecular formula is C15H11FN2O2S. The molecule has 0 saturated carbocycles. The van der Waals surface area contributed by atoms with Crippen molar-refractivity contribution in [3.05, 3.63) is 59.2 Å². The highest BCUT2D eigenvalue weighted by Crippen LogP contribution is 2.25. The molecule has 0 aliphatic carbocycles. The van der Waals surface area contributed by atoms with Crippen molar-refractivity contribution >= 4 is 23.1 Å². The van der Waals surface area contributed by atoms with Crippen LogP contribution in [0, 0.1) is 5.82 Å². The Bertz CT molecular complexity index is 753. The summed E-state index contributed by atoms with van der Waals surface area (Å²) >= 11 is 1.54. The first kappa shape index (κ1) is 13.5. The molecule has 0 saturated heterocycles. The Hall–Kier alpha value is -2.47. The number of amides is 1. The third kappa shape index (κ3) is 3.35. The molecule has 0 radical (unpaired) electrons. The molecule has 106 valence electrons. The Labute approximate surface area is 124 Å². The minimum absolute atomic E-state index is 0.0762. The van der Waals surface area contributed by atoms with Crippen LogP contribution in [0.15, 0.2) is 52.4 Å². The third-order valence-corrected chi connectivity index (χ3v) is 3.69. The van der Waals surface area contributed by atoms with Crippen LogP contribution in [-0.2, 0) is 11.2 Å². The first-order valence-electron chi connectivity index (χ1n) is 6.25. The molecule has 0 aliphatic rings. The Morgan fingerprint density at radius 3 is 2.95 bits per heavy atom. The lowest BCUT2D eigenvalue weighted by molar-refractivity contribution is -0.115. The summed E-state index contributed by atoms with van der Waals surface area (Å²) in [7, 11) is 0. The van der Waals surface area contributed by atoms with Gasteiger partial charge in [-0.25, -0.2) is 4.39 Å². The van der Waals surface area contributed by atoms with E-state index in [2.05, 4.69) is 10.5 Å². The standard InChI is InChI=1S/C15H11FN2O2S/c16-11-4-1-3-10(7-11)8-14(19)17-15-9-12(18-20-15)13-5-2-6-21-13/h1-7,9H,8H2,(H,17,19). The molecule has 1 aromatic carbocycles. The van der Waals surface area contributed by atoms with E-state index in [1.165, 1.54) is 23.5 Å². The fraction of sp³-hybridized carbons (Fsp3) is 0.0667. The highest BCUT2D eigenvalue weighted by molar-refractivity contribution is 7.13. The lowest BCUT2D eigenvalue weighted by Crippen LogP contribution is -2.13. The molecule has 1 amide bonds. The molecule has 0 fully saturated rings. The van der Waals surface area contributed by atoms with Crippen molar-refractivity contribution in [3.63, 3.8) is 0 Å². The topological polar surface area (TPSA) is 55.1 Å². The molecule has 6 heteroatoms. The molecule has 0 aliphatic heterocycles. The molecule has 0 atom stereocenters. The minimum atomic E-state index is -0.361. The fourth-order valence-electron chi connectivity index (χ4n) is 1.89. The Kier molecular flexibility index (Phi) is 3.79. The predicted molar refractivity (Wildman–Crippen MR) is 78.5 cm³/mol. The number of carbonyl (C=O) groups is 1. The second kappa shape index (κ2) is 5.88. The van der Waals surface area contributed by atoms with Gasteiger partial charge in [0.05, 0.1) is 11.3 Å². The summed E-state index contributed by atoms with van der Waals surface area (Å²) in [5.74, 6) is -0.366. The third-order valence-electron chi connectivity index (χ3n) is 2.80. The quantitative estimate of drug-likeness (QED) is 0.799. The highest BCUT2D eigenvalue weighted by atomic mass is 32.1. The van der Waals surface area contributed by atoms with E-state index in [1.807, 2.05) is 17.5 Å². The summed E-state index contributed by atoms with van der Waals surface area (Å²) in [5.41, 5.74) is 1.27. The molecule has 21 heavy (non-hydrogen) atoms. The van der Waals surface area contributed by atoms with Crippen molar-refractivity contribution in [1.82, 2.24) is 5.16 Å². The number of benzene rings is 1. The fourth-order valence-corrected chi connectivity index (χ4v) is 2.57. The van der Waals surface area contributed by atoms with Crippen LogP contribution in [0.1, 0.15) is 5.56 Å². The second-order valence-electron chi connectivity index (χ2n) is 4.41. The summed E-state index contributed by atoms with van der Waals surface area (Å²) in [5, 5.41) is 8.44. The number of nitrogens with one attached hydrogen (secondary N) is 1. The van der Waals surface area contributed by atoms with Gasteiger partial charge in [-0.1, -0.05) is 23.4 Å². The average molecular weight is 302 g/mol. The van der Waals surface area contributed by atoms with Crippen LogP contribution < -0.4 is 5.32 Å². The maximum Gasteiger partial charge on any atom is 0.231 e. The van der Waals surface area contributed by atoms with Crippen LogP contribution in [0.25, 0.3) is 10.6 Å². The van der Waals surface area contributed by atoms with Gasteiger partial charge in [-0.15, -0.1) is 11.3 Å². The number of rotatable bonds is 4. The summed E-state index contributed by atoms with van der Waals surface area (Å²) < 4.78 is 18.1. The number of hydrogen-bond acceptors (Lipinski definition) is 4. The lowest BCUT2D eigenvalue weighted by atomic mass is 10.1. The number of aromatic nitrogens is 1. The molecule has 2 aromatic heterocycles. The van der Waals surface area contributed by atoms with Crippen LogP contribution in [0.2, 0.25) is 0 Å². The van der Waals surface area contributed by atoms with Gasteiger partial charge in [0, 0.05) is 6.07 Å². The van der Waals surface area contributed by atoms with Gasteiger partial charge in [-0.2, -0.15) is 0 Å². The van der Waals surface area contributed by atoms with Gasteiger partial charge in [0.2, 0.25) is 11.8 Å². The molecule has 0 spiro atoms. The normalized spacial score (nSPS) is 10.5. The van der Waals surface area contributed by atoms with E-state index in [0.717, 1.165) is 4.88 Å². The van der Waals surface area contributed by atoms with Crippen molar-refractivity contribution in [2.75, 3.05) is 5.32 Å². The SMILES string of the molecule is O=C(Cc1cccc(F)c1)Nc1cc(-c2cccs2)no1. The van der Waals surface area contributed by atoms with E-state index in [4.69, 9.17) is 4.52 Å². The van der Waals surface area contributed by atoms with Gasteiger partial charge in [0.15, 0.2) is 0 Å². The van der Waals surface area contributed by atoms with E-state index < -0.39 is 0 Å². The molecule has 0 bridgehead atoms. The Morgan fingerprint density at radius 2 is 2.19 bits per heavy atom. The molecule has 4 nitrogen and oxygen atoms in total. The number of nitrogens with zero attached hydrogens (tertiary/aromatic N) is 1. The van der Waals surface area contributed by atoms with Gasteiger partial charge in [-0.3, -0.25) is 10.1 Å². The summed E-state index contributed by atoms with van der Waals surface area (Å²) in [6.07, 6.45) is 0.0762. The Morgan fingerprint density at radius 1 is 1.29 bits per heavy atom. The van der Waals surface area contributed by atoms with Crippen molar-refractivity contribution in [2.45, 2.75) is 6.42 Å². The van der Waals surface area contributed by atoms with E-state index in [0.29, 0.717) is 11.3 Å². The zero-order valence-corrected chi connectivity index (χ0v) is 11.7. The minimum Gasteiger partial charge on any atom is -0.338 e. The van der Waals surface area contributed by atoms with Gasteiger partial charge >= 0.3 is 0 Å². The maximum absolute atomic E-state index is 13.0. The molecule has 0 unspecified atom stereocenters. The van der Waals surface area contributed by atoms with Crippen molar-refractivity contribution < 1.29 is 13.7 Å². The van der Waals surface area contributed by atoms with Gasteiger partial charge < -0.3 is 4.52 Å². The highest BCUT2D eigenvalue weighted by Gasteiger charge is 2.11. The van der Waals surface area contributed by atoms with Crippen LogP contribution >= 0.6 is 11.3 Å². The van der Waals surface area contributed by atoms with E-state index in [9.17, 15) is 9.18 Å². The van der Waals surface area contributed by atoms with E-state index >= 15 is 0 Å². The first-order valence-corrected chi connectivity index (χ1v) is 7.13. The molecule has 3 aromatic rings. The summed E-state index contributed by atoms with van der Waals surface area (Å²) in [6.45, 7) is 0. The zero-order chi connectivity index (χ0) is 14.7. The average Bonchev–Trinajstić information content (AvgIpc) is 3.08. The number of anilines is 1. The maximum atomic E-state index is 13.0. The zero-order valence-electron chi connectivity index (χ0n) is 10.9. The number of carbonyl (C=O) groups excluding carboxylic acids is 1. The van der Waals surface area contributed by atoms with Crippen LogP contribution in [0.3, 0.4) is 0 Å². The Balaban J connectivity index is 1.65. The number of thiophene rings is 1. The largest absolute Gasteiger partial charge is 0.338 e. The van der Waals surface area contributed by atoms with Crippen molar-refractivity contribution in [1.29, 1.82) is 0 Å². The van der Waals surface area contributed by atoms with Gasteiger partial charge in [-0.05, 0) is 29.1 Å². The number of halogens is 1. The van der Waals surface area contributed by atoms with Crippen LogP contribution in [0.5, 0.6) is 0 Å². The monoisotopic (exact) mass is 302 g/mol. The molecule has 3 rings (SSSR count). The predicted octanol–water partition coefficient (Wildman–Crippen LogP) is 3.72. The number of hydrogen-bond donors (Lipinski definition) is 1. The first-order chi connectivity index (χ1) is 10.2. The van der Waals surface area contributed by atoms with Crippen molar-refractivity contribution in [3.8, 4) is 10.6 Å². The van der Waals surface area contributed by atoms with Gasteiger partial charge in [0.25, 0.3) is 0 Å². The van der Waals surface area contributed by atoms with E-state index in [1.54, 1.807) is 18.2 Å². The smallest absolute Gasteiger partial charge is 0.231 e. The second-order valence-corrected chi connectivity index (χ2v) is 5.36. The van der Waals surface area contributed by atoms with Gasteiger partial charge in [0.1, 0.15) is 11.5 Å². The lowest BCUT2D eigenvalue weighted by Gasteiger charge is -2.01.